The number of pyridine rings is 1. The highest BCUT2D eigenvalue weighted by Crippen LogP contribution is 2.19. The van der Waals surface area contributed by atoms with Crippen molar-refractivity contribution in [3.63, 3.8) is 0 Å². The third-order valence-electron chi connectivity index (χ3n) is 2.60. The second-order valence-electron chi connectivity index (χ2n) is 3.76. The van der Waals surface area contributed by atoms with Crippen LogP contribution in [0.3, 0.4) is 0 Å². The largest absolute Gasteiger partial charge is 0.478 e. The monoisotopic (exact) mass is 234 g/mol. The molecule has 0 fully saturated rings. The lowest BCUT2D eigenvalue weighted by Gasteiger charge is -2.07. The topological polar surface area (TPSA) is 55.1 Å². The number of nitrogens with zero attached hydrogens (tertiary/aromatic N) is 2. The summed E-state index contributed by atoms with van der Waals surface area (Å²) in [5.41, 5.74) is 1.56. The summed E-state index contributed by atoms with van der Waals surface area (Å²) in [6.07, 6.45) is 1.11. The average Bonchev–Trinajstić information content (AvgIpc) is 2.56. The lowest BCUT2D eigenvalue weighted by Crippen LogP contribution is -2.04. The second-order valence-corrected chi connectivity index (χ2v) is 3.76. The SMILES string of the molecule is Cc1cc(C(=O)O)c(C)n1-c1ccc(F)cn1. The molecule has 0 unspecified atom stereocenters. The van der Waals surface area contributed by atoms with Gasteiger partial charge in [0.15, 0.2) is 0 Å². The average molecular weight is 234 g/mol. The number of rotatable bonds is 2. The lowest BCUT2D eigenvalue weighted by atomic mass is 10.2. The Morgan fingerprint density at radius 1 is 1.41 bits per heavy atom. The standard InChI is InChI=1S/C12H11FN2O2/c1-7-5-10(12(16)17)8(2)15(7)11-4-3-9(13)6-14-11/h3-6H,1-2H3,(H,16,17). The molecule has 0 saturated carbocycles. The van der Waals surface area contributed by atoms with Crippen molar-refractivity contribution in [3.8, 4) is 5.82 Å². The molecule has 2 rings (SSSR count). The molecule has 0 atom stereocenters. The van der Waals surface area contributed by atoms with Gasteiger partial charge in [0.05, 0.1) is 11.8 Å². The van der Waals surface area contributed by atoms with Gasteiger partial charge in [0.1, 0.15) is 11.6 Å². The van der Waals surface area contributed by atoms with E-state index >= 15 is 0 Å². The van der Waals surface area contributed by atoms with E-state index in [0.717, 1.165) is 11.9 Å². The summed E-state index contributed by atoms with van der Waals surface area (Å²) in [6.45, 7) is 3.48. The van der Waals surface area contributed by atoms with Gasteiger partial charge < -0.3 is 9.67 Å². The highest BCUT2D eigenvalue weighted by atomic mass is 19.1. The Balaban J connectivity index is 2.59. The molecule has 0 aliphatic rings. The van der Waals surface area contributed by atoms with Crippen molar-refractivity contribution in [1.29, 1.82) is 0 Å². The van der Waals surface area contributed by atoms with E-state index in [-0.39, 0.29) is 5.56 Å². The molecule has 17 heavy (non-hydrogen) atoms. The van der Waals surface area contributed by atoms with Crippen LogP contribution in [-0.2, 0) is 0 Å². The van der Waals surface area contributed by atoms with Crippen molar-refractivity contribution < 1.29 is 14.3 Å². The Kier molecular flexibility index (Phi) is 2.67. The van der Waals surface area contributed by atoms with Crippen molar-refractivity contribution in [3.05, 3.63) is 47.2 Å². The Hall–Kier alpha value is -2.17. The van der Waals surface area contributed by atoms with Crippen LogP contribution in [0.2, 0.25) is 0 Å². The first kappa shape index (κ1) is 11.3. The Morgan fingerprint density at radius 2 is 2.12 bits per heavy atom. The third-order valence-corrected chi connectivity index (χ3v) is 2.60. The predicted octanol–water partition coefficient (Wildman–Crippen LogP) is 2.33. The number of carbonyl (C=O) groups is 1. The zero-order chi connectivity index (χ0) is 12.6. The fourth-order valence-electron chi connectivity index (χ4n) is 1.83. The van der Waals surface area contributed by atoms with Crippen LogP contribution in [0, 0.1) is 19.7 Å². The normalized spacial score (nSPS) is 10.5. The quantitative estimate of drug-likeness (QED) is 0.867. The van der Waals surface area contributed by atoms with Gasteiger partial charge in [0, 0.05) is 11.4 Å². The van der Waals surface area contributed by atoms with Crippen molar-refractivity contribution >= 4 is 5.97 Å². The van der Waals surface area contributed by atoms with Crippen LogP contribution in [0.15, 0.2) is 24.4 Å². The molecule has 1 N–H and O–H groups in total. The minimum Gasteiger partial charge on any atom is -0.478 e. The highest BCUT2D eigenvalue weighted by molar-refractivity contribution is 5.89. The van der Waals surface area contributed by atoms with Gasteiger partial charge in [-0.05, 0) is 32.0 Å². The van der Waals surface area contributed by atoms with Crippen molar-refractivity contribution in [2.75, 3.05) is 0 Å². The number of hydrogen-bond acceptors (Lipinski definition) is 2. The fourth-order valence-corrected chi connectivity index (χ4v) is 1.83. The summed E-state index contributed by atoms with van der Waals surface area (Å²) in [5.74, 6) is -0.893. The van der Waals surface area contributed by atoms with Crippen LogP contribution >= 0.6 is 0 Å². The van der Waals surface area contributed by atoms with Gasteiger partial charge in [-0.3, -0.25) is 0 Å². The number of aryl methyl sites for hydroxylation is 1. The molecule has 0 saturated heterocycles. The minimum absolute atomic E-state index is 0.230. The van der Waals surface area contributed by atoms with Crippen LogP contribution in [0.4, 0.5) is 4.39 Å². The lowest BCUT2D eigenvalue weighted by molar-refractivity contribution is 0.0696. The van der Waals surface area contributed by atoms with Gasteiger partial charge in [0.25, 0.3) is 0 Å². The fraction of sp³-hybridized carbons (Fsp3) is 0.167. The van der Waals surface area contributed by atoms with Crippen molar-refractivity contribution in [2.24, 2.45) is 0 Å². The molecule has 0 aliphatic carbocycles. The van der Waals surface area contributed by atoms with E-state index in [2.05, 4.69) is 4.98 Å². The number of aromatic nitrogens is 2. The van der Waals surface area contributed by atoms with Gasteiger partial charge in [-0.2, -0.15) is 0 Å². The first-order valence-corrected chi connectivity index (χ1v) is 5.05. The summed E-state index contributed by atoms with van der Waals surface area (Å²) in [6, 6.07) is 4.38. The summed E-state index contributed by atoms with van der Waals surface area (Å²) in [5, 5.41) is 9.00. The Morgan fingerprint density at radius 3 is 2.59 bits per heavy atom. The van der Waals surface area contributed by atoms with E-state index in [4.69, 9.17) is 5.11 Å². The van der Waals surface area contributed by atoms with Crippen molar-refractivity contribution in [1.82, 2.24) is 9.55 Å². The van der Waals surface area contributed by atoms with E-state index in [1.54, 1.807) is 24.5 Å². The molecule has 0 aromatic carbocycles. The van der Waals surface area contributed by atoms with Gasteiger partial charge in [-0.15, -0.1) is 0 Å². The molecule has 88 valence electrons. The van der Waals surface area contributed by atoms with Gasteiger partial charge >= 0.3 is 5.97 Å². The molecule has 0 radical (unpaired) electrons. The van der Waals surface area contributed by atoms with Gasteiger partial charge in [0.2, 0.25) is 0 Å². The predicted molar refractivity (Wildman–Crippen MR) is 60.0 cm³/mol. The first-order chi connectivity index (χ1) is 8.00. The molecule has 2 aromatic rings. The molecule has 0 spiro atoms. The number of halogens is 1. The van der Waals surface area contributed by atoms with E-state index in [1.807, 2.05) is 0 Å². The zero-order valence-corrected chi connectivity index (χ0v) is 9.44. The maximum atomic E-state index is 12.8. The van der Waals surface area contributed by atoms with E-state index in [1.165, 1.54) is 12.1 Å². The molecular weight excluding hydrogens is 223 g/mol. The van der Waals surface area contributed by atoms with Crippen LogP contribution in [0.25, 0.3) is 5.82 Å². The van der Waals surface area contributed by atoms with Crippen LogP contribution in [-0.4, -0.2) is 20.6 Å². The van der Waals surface area contributed by atoms with Crippen molar-refractivity contribution in [2.45, 2.75) is 13.8 Å². The molecule has 0 aliphatic heterocycles. The summed E-state index contributed by atoms with van der Waals surface area (Å²) in [4.78, 5) is 14.9. The molecule has 5 heteroatoms. The summed E-state index contributed by atoms with van der Waals surface area (Å²) < 4.78 is 14.5. The van der Waals surface area contributed by atoms with Gasteiger partial charge in [-0.1, -0.05) is 0 Å². The highest BCUT2D eigenvalue weighted by Gasteiger charge is 2.16. The number of hydrogen-bond donors (Lipinski definition) is 1. The van der Waals surface area contributed by atoms with Gasteiger partial charge in [-0.25, -0.2) is 14.2 Å². The van der Waals surface area contributed by atoms with Crippen LogP contribution in [0.1, 0.15) is 21.7 Å². The maximum Gasteiger partial charge on any atom is 0.337 e. The molecule has 0 amide bonds. The van der Waals surface area contributed by atoms with Crippen LogP contribution < -0.4 is 0 Å². The van der Waals surface area contributed by atoms with Crippen LogP contribution in [0.5, 0.6) is 0 Å². The molecule has 4 nitrogen and oxygen atoms in total. The Labute approximate surface area is 97.3 Å². The first-order valence-electron chi connectivity index (χ1n) is 5.05. The number of carboxylic acids is 1. The third kappa shape index (κ3) is 1.91. The molecule has 2 aromatic heterocycles. The Bertz CT molecular complexity index is 573. The van der Waals surface area contributed by atoms with E-state index < -0.39 is 11.8 Å². The maximum absolute atomic E-state index is 12.8. The minimum atomic E-state index is -0.980. The van der Waals surface area contributed by atoms with E-state index in [9.17, 15) is 9.18 Å². The second kappa shape index (κ2) is 4.01. The van der Waals surface area contributed by atoms with E-state index in [0.29, 0.717) is 11.5 Å². The summed E-state index contributed by atoms with van der Waals surface area (Å²) in [7, 11) is 0. The molecular formula is C12H11FN2O2. The smallest absolute Gasteiger partial charge is 0.337 e. The molecule has 0 bridgehead atoms. The number of aromatic carboxylic acids is 1. The number of carboxylic acid groups (broad SMARTS) is 1. The molecule has 2 heterocycles. The summed E-state index contributed by atoms with van der Waals surface area (Å²) >= 11 is 0. The zero-order valence-electron chi connectivity index (χ0n) is 9.44.